The molecule has 0 aliphatic rings. The van der Waals surface area contributed by atoms with Crippen molar-refractivity contribution >= 4 is 35.0 Å². The second kappa shape index (κ2) is 8.57. The number of nitrogens with one attached hydrogen (secondary N) is 3. The zero-order valence-electron chi connectivity index (χ0n) is 17.1. The lowest BCUT2D eigenvalue weighted by Gasteiger charge is -2.11. The number of hydrogen-bond acceptors (Lipinski definition) is 7. The van der Waals surface area contributed by atoms with Gasteiger partial charge in [-0.3, -0.25) is 0 Å². The molecule has 2 heterocycles. The third-order valence-electron chi connectivity index (χ3n) is 4.40. The number of pyridine rings is 1. The third kappa shape index (κ3) is 5.08. The van der Waals surface area contributed by atoms with E-state index < -0.39 is 0 Å². The van der Waals surface area contributed by atoms with Crippen LogP contribution in [0, 0.1) is 20.8 Å². The van der Waals surface area contributed by atoms with Gasteiger partial charge in [-0.15, -0.1) is 0 Å². The van der Waals surface area contributed by atoms with Crippen molar-refractivity contribution in [2.45, 2.75) is 20.8 Å². The Morgan fingerprint density at radius 2 is 0.933 bits per heavy atom. The van der Waals surface area contributed by atoms with Crippen LogP contribution in [0.5, 0.6) is 0 Å². The van der Waals surface area contributed by atoms with Crippen molar-refractivity contribution in [3.8, 4) is 0 Å². The minimum Gasteiger partial charge on any atom is -0.324 e. The Balaban J connectivity index is 1.64. The van der Waals surface area contributed by atoms with Crippen molar-refractivity contribution in [1.82, 2.24) is 19.9 Å². The zero-order valence-corrected chi connectivity index (χ0v) is 17.1. The van der Waals surface area contributed by atoms with Gasteiger partial charge in [-0.05, 0) is 56.7 Å². The van der Waals surface area contributed by atoms with Gasteiger partial charge in [-0.2, -0.15) is 15.0 Å². The number of anilines is 6. The number of aryl methyl sites for hydroxylation is 3. The Hall–Kier alpha value is -4.00. The van der Waals surface area contributed by atoms with Gasteiger partial charge in [0.05, 0.1) is 0 Å². The van der Waals surface area contributed by atoms with Crippen molar-refractivity contribution < 1.29 is 0 Å². The van der Waals surface area contributed by atoms with E-state index in [-0.39, 0.29) is 0 Å². The molecule has 0 amide bonds. The first kappa shape index (κ1) is 19.3. The predicted molar refractivity (Wildman–Crippen MR) is 121 cm³/mol. The number of aromatic nitrogens is 4. The average Bonchev–Trinajstić information content (AvgIpc) is 2.73. The summed E-state index contributed by atoms with van der Waals surface area (Å²) in [7, 11) is 0. The van der Waals surface area contributed by atoms with E-state index in [4.69, 9.17) is 0 Å². The van der Waals surface area contributed by atoms with Crippen LogP contribution >= 0.6 is 0 Å². The summed E-state index contributed by atoms with van der Waals surface area (Å²) in [5.74, 6) is 1.91. The SMILES string of the molecule is Cc1ccc(Nc2nc(Nc3ccc(C)cc3)nc(Nc3ccc(C)cn3)n2)cc1. The highest BCUT2D eigenvalue weighted by molar-refractivity contribution is 5.61. The molecule has 0 fully saturated rings. The molecule has 2 aromatic heterocycles. The van der Waals surface area contributed by atoms with Crippen LogP contribution in [0.2, 0.25) is 0 Å². The molecular formula is C23H23N7. The lowest BCUT2D eigenvalue weighted by Crippen LogP contribution is -2.08. The summed E-state index contributed by atoms with van der Waals surface area (Å²) in [6.07, 6.45) is 1.79. The minimum atomic E-state index is 0.394. The number of benzene rings is 2. The van der Waals surface area contributed by atoms with Crippen LogP contribution in [0.4, 0.5) is 35.0 Å². The van der Waals surface area contributed by atoms with Gasteiger partial charge in [0.1, 0.15) is 5.82 Å². The van der Waals surface area contributed by atoms with Gasteiger partial charge in [-0.1, -0.05) is 41.5 Å². The Bertz CT molecular complexity index is 963. The number of nitrogens with zero attached hydrogens (tertiary/aromatic N) is 4. The van der Waals surface area contributed by atoms with E-state index >= 15 is 0 Å². The van der Waals surface area contributed by atoms with E-state index in [1.165, 1.54) is 11.1 Å². The quantitative estimate of drug-likeness (QED) is 0.400. The standard InChI is InChI=1S/C23H23N7/c1-15-4-9-18(10-5-15)25-21-28-22(26-19-11-6-16(2)7-12-19)30-23(29-21)27-20-13-8-17(3)14-24-20/h4-14H,1-3H3,(H3,24,25,26,27,28,29,30). The molecule has 4 rings (SSSR count). The second-order valence-electron chi connectivity index (χ2n) is 7.13. The van der Waals surface area contributed by atoms with E-state index in [9.17, 15) is 0 Å². The minimum absolute atomic E-state index is 0.394. The summed E-state index contributed by atoms with van der Waals surface area (Å²) < 4.78 is 0. The lowest BCUT2D eigenvalue weighted by atomic mass is 10.2. The maximum Gasteiger partial charge on any atom is 0.235 e. The molecule has 3 N–H and O–H groups in total. The van der Waals surface area contributed by atoms with Crippen LogP contribution in [0.25, 0.3) is 0 Å². The molecule has 0 atom stereocenters. The largest absolute Gasteiger partial charge is 0.324 e. The smallest absolute Gasteiger partial charge is 0.235 e. The predicted octanol–water partition coefficient (Wildman–Crippen LogP) is 5.42. The van der Waals surface area contributed by atoms with Crippen LogP contribution in [0.15, 0.2) is 66.9 Å². The van der Waals surface area contributed by atoms with Crippen LogP contribution < -0.4 is 16.0 Å². The van der Waals surface area contributed by atoms with E-state index in [2.05, 4.69) is 35.9 Å². The molecule has 7 nitrogen and oxygen atoms in total. The molecule has 7 heteroatoms. The van der Waals surface area contributed by atoms with Crippen LogP contribution in [0.3, 0.4) is 0 Å². The highest BCUT2D eigenvalue weighted by Crippen LogP contribution is 2.21. The maximum atomic E-state index is 4.52. The summed E-state index contributed by atoms with van der Waals surface area (Å²) in [6.45, 7) is 6.09. The topological polar surface area (TPSA) is 87.7 Å². The normalized spacial score (nSPS) is 10.5. The fraction of sp³-hybridized carbons (Fsp3) is 0.130. The first-order valence-corrected chi connectivity index (χ1v) is 9.67. The molecular weight excluding hydrogens is 374 g/mol. The molecule has 150 valence electrons. The molecule has 0 bridgehead atoms. The van der Waals surface area contributed by atoms with Crippen molar-refractivity contribution in [2.24, 2.45) is 0 Å². The Morgan fingerprint density at radius 1 is 0.500 bits per heavy atom. The van der Waals surface area contributed by atoms with Gasteiger partial charge in [-0.25, -0.2) is 4.98 Å². The van der Waals surface area contributed by atoms with Crippen molar-refractivity contribution in [3.05, 3.63) is 83.6 Å². The Morgan fingerprint density at radius 3 is 1.37 bits per heavy atom. The second-order valence-corrected chi connectivity index (χ2v) is 7.13. The molecule has 0 saturated carbocycles. The fourth-order valence-corrected chi connectivity index (χ4v) is 2.73. The number of hydrogen-bond donors (Lipinski definition) is 3. The highest BCUT2D eigenvalue weighted by atomic mass is 15.3. The van der Waals surface area contributed by atoms with Gasteiger partial charge in [0.2, 0.25) is 17.8 Å². The van der Waals surface area contributed by atoms with Crippen molar-refractivity contribution in [2.75, 3.05) is 16.0 Å². The monoisotopic (exact) mass is 397 g/mol. The van der Waals surface area contributed by atoms with E-state index in [0.717, 1.165) is 16.9 Å². The zero-order chi connectivity index (χ0) is 20.9. The summed E-state index contributed by atoms with van der Waals surface area (Å²) >= 11 is 0. The molecule has 0 aliphatic heterocycles. The Labute approximate surface area is 175 Å². The molecule has 0 spiro atoms. The average molecular weight is 397 g/mol. The molecule has 0 aliphatic carbocycles. The Kier molecular flexibility index (Phi) is 5.52. The lowest BCUT2D eigenvalue weighted by molar-refractivity contribution is 1.06. The maximum absolute atomic E-state index is 4.52. The van der Waals surface area contributed by atoms with Crippen LogP contribution in [-0.2, 0) is 0 Å². The van der Waals surface area contributed by atoms with Crippen LogP contribution in [-0.4, -0.2) is 19.9 Å². The van der Waals surface area contributed by atoms with Gasteiger partial charge in [0, 0.05) is 17.6 Å². The molecule has 4 aromatic rings. The summed E-state index contributed by atoms with van der Waals surface area (Å²) in [5.41, 5.74) is 5.25. The van der Waals surface area contributed by atoms with E-state index in [0.29, 0.717) is 23.7 Å². The first-order chi connectivity index (χ1) is 14.5. The molecule has 0 radical (unpaired) electrons. The molecule has 0 saturated heterocycles. The van der Waals surface area contributed by atoms with E-state index in [1.54, 1.807) is 6.20 Å². The highest BCUT2D eigenvalue weighted by Gasteiger charge is 2.09. The molecule has 2 aromatic carbocycles. The van der Waals surface area contributed by atoms with Gasteiger partial charge in [0.25, 0.3) is 0 Å². The molecule has 0 unspecified atom stereocenters. The summed E-state index contributed by atoms with van der Waals surface area (Å²) in [5, 5.41) is 9.63. The van der Waals surface area contributed by atoms with E-state index in [1.807, 2.05) is 81.4 Å². The summed E-state index contributed by atoms with van der Waals surface area (Å²) in [6, 6.07) is 19.9. The van der Waals surface area contributed by atoms with Crippen molar-refractivity contribution in [3.63, 3.8) is 0 Å². The number of rotatable bonds is 6. The van der Waals surface area contributed by atoms with Crippen LogP contribution in [0.1, 0.15) is 16.7 Å². The fourth-order valence-electron chi connectivity index (χ4n) is 2.73. The first-order valence-electron chi connectivity index (χ1n) is 9.67. The van der Waals surface area contributed by atoms with Gasteiger partial charge >= 0.3 is 0 Å². The van der Waals surface area contributed by atoms with Gasteiger partial charge < -0.3 is 16.0 Å². The van der Waals surface area contributed by atoms with Gasteiger partial charge in [0.15, 0.2) is 0 Å². The van der Waals surface area contributed by atoms with Crippen molar-refractivity contribution in [1.29, 1.82) is 0 Å². The molecule has 30 heavy (non-hydrogen) atoms. The summed E-state index contributed by atoms with van der Waals surface area (Å²) in [4.78, 5) is 17.9. The third-order valence-corrected chi connectivity index (χ3v) is 4.40.